The lowest BCUT2D eigenvalue weighted by molar-refractivity contribution is 0.0949. The van der Waals surface area contributed by atoms with E-state index in [1.165, 1.54) is 36.7 Å². The summed E-state index contributed by atoms with van der Waals surface area (Å²) in [6.07, 6.45) is 5.13. The Hall–Kier alpha value is -3.09. The van der Waals surface area contributed by atoms with Gasteiger partial charge in [-0.15, -0.1) is 0 Å². The van der Waals surface area contributed by atoms with Crippen molar-refractivity contribution in [3.05, 3.63) is 72.0 Å². The van der Waals surface area contributed by atoms with E-state index in [1.54, 1.807) is 6.20 Å². The summed E-state index contributed by atoms with van der Waals surface area (Å²) in [5, 5.41) is 2.74. The molecular formula is C18H15F2N3O2. The maximum Gasteiger partial charge on any atom is 0.273 e. The topological polar surface area (TPSA) is 68.0 Å². The standard InChI is InChI=1S/C18H15F2N3O2/c19-14-5-3-13(4-6-14)17-16(23-11-25-17)18(24)22-7-1-2-12-8-15(20)10-21-9-12/h3-6,8-11H,1-2,7H2,(H,22,24). The molecule has 5 nitrogen and oxygen atoms in total. The van der Waals surface area contributed by atoms with Gasteiger partial charge in [-0.25, -0.2) is 13.8 Å². The van der Waals surface area contributed by atoms with Crippen LogP contribution in [0.1, 0.15) is 22.5 Å². The number of amides is 1. The second-order valence-electron chi connectivity index (χ2n) is 5.41. The number of carbonyl (C=O) groups excluding carboxylic acids is 1. The molecule has 3 rings (SSSR count). The molecule has 0 spiro atoms. The number of benzene rings is 1. The van der Waals surface area contributed by atoms with E-state index < -0.39 is 0 Å². The van der Waals surface area contributed by atoms with Gasteiger partial charge >= 0.3 is 0 Å². The molecule has 0 unspecified atom stereocenters. The highest BCUT2D eigenvalue weighted by atomic mass is 19.1. The summed E-state index contributed by atoms with van der Waals surface area (Å²) in [7, 11) is 0. The van der Waals surface area contributed by atoms with Gasteiger partial charge in [-0.05, 0) is 48.7 Å². The normalized spacial score (nSPS) is 10.6. The zero-order chi connectivity index (χ0) is 17.6. The van der Waals surface area contributed by atoms with Gasteiger partial charge in [0.15, 0.2) is 17.8 Å². The molecule has 7 heteroatoms. The first-order valence-electron chi connectivity index (χ1n) is 7.70. The molecule has 128 valence electrons. The predicted molar refractivity (Wildman–Crippen MR) is 86.7 cm³/mol. The van der Waals surface area contributed by atoms with Crippen molar-refractivity contribution in [3.63, 3.8) is 0 Å². The maximum atomic E-state index is 13.0. The summed E-state index contributed by atoms with van der Waals surface area (Å²) in [5.41, 5.74) is 1.47. The van der Waals surface area contributed by atoms with Crippen molar-refractivity contribution in [1.82, 2.24) is 15.3 Å². The molecule has 2 aromatic heterocycles. The smallest absolute Gasteiger partial charge is 0.273 e. The van der Waals surface area contributed by atoms with Crippen molar-refractivity contribution in [2.75, 3.05) is 6.54 Å². The molecule has 0 radical (unpaired) electrons. The quantitative estimate of drug-likeness (QED) is 0.697. The number of carbonyl (C=O) groups is 1. The van der Waals surface area contributed by atoms with Crippen molar-refractivity contribution >= 4 is 5.91 Å². The van der Waals surface area contributed by atoms with Gasteiger partial charge in [-0.3, -0.25) is 9.78 Å². The zero-order valence-electron chi connectivity index (χ0n) is 13.2. The van der Waals surface area contributed by atoms with Crippen LogP contribution in [0.2, 0.25) is 0 Å². The molecule has 2 heterocycles. The number of hydrogen-bond acceptors (Lipinski definition) is 4. The molecule has 1 amide bonds. The van der Waals surface area contributed by atoms with Gasteiger partial charge in [-0.2, -0.15) is 0 Å². The van der Waals surface area contributed by atoms with E-state index in [1.807, 2.05) is 0 Å². The van der Waals surface area contributed by atoms with Crippen LogP contribution < -0.4 is 5.32 Å². The second kappa shape index (κ2) is 7.65. The van der Waals surface area contributed by atoms with E-state index in [-0.39, 0.29) is 29.0 Å². The van der Waals surface area contributed by atoms with Crippen molar-refractivity contribution in [2.45, 2.75) is 12.8 Å². The van der Waals surface area contributed by atoms with Crippen LogP contribution in [0.4, 0.5) is 8.78 Å². The Morgan fingerprint density at radius 1 is 1.12 bits per heavy atom. The van der Waals surface area contributed by atoms with E-state index in [9.17, 15) is 13.6 Å². The third kappa shape index (κ3) is 4.26. The molecular weight excluding hydrogens is 328 g/mol. The van der Waals surface area contributed by atoms with Gasteiger partial charge in [0.05, 0.1) is 6.20 Å². The van der Waals surface area contributed by atoms with Gasteiger partial charge < -0.3 is 9.73 Å². The van der Waals surface area contributed by atoms with Crippen LogP contribution in [0.15, 0.2) is 53.5 Å². The van der Waals surface area contributed by atoms with Gasteiger partial charge in [-0.1, -0.05) is 0 Å². The number of oxazole rings is 1. The Bertz CT molecular complexity index is 863. The van der Waals surface area contributed by atoms with Crippen LogP contribution in [0, 0.1) is 11.6 Å². The third-order valence-electron chi connectivity index (χ3n) is 3.58. The van der Waals surface area contributed by atoms with E-state index >= 15 is 0 Å². The summed E-state index contributed by atoms with van der Waals surface area (Å²) in [4.78, 5) is 20.0. The van der Waals surface area contributed by atoms with Crippen LogP contribution in [0.25, 0.3) is 11.3 Å². The lowest BCUT2D eigenvalue weighted by Gasteiger charge is -2.05. The molecule has 0 bridgehead atoms. The van der Waals surface area contributed by atoms with Crippen molar-refractivity contribution in [2.24, 2.45) is 0 Å². The van der Waals surface area contributed by atoms with Crippen molar-refractivity contribution in [1.29, 1.82) is 0 Å². The summed E-state index contributed by atoms with van der Waals surface area (Å²) in [6, 6.07) is 7.02. The fraction of sp³-hybridized carbons (Fsp3) is 0.167. The van der Waals surface area contributed by atoms with Crippen LogP contribution in [-0.2, 0) is 6.42 Å². The number of hydrogen-bond donors (Lipinski definition) is 1. The Balaban J connectivity index is 1.57. The number of rotatable bonds is 6. The lowest BCUT2D eigenvalue weighted by atomic mass is 10.1. The molecule has 0 saturated carbocycles. The van der Waals surface area contributed by atoms with Gasteiger partial charge in [0.1, 0.15) is 11.6 Å². The Morgan fingerprint density at radius 2 is 1.92 bits per heavy atom. The zero-order valence-corrected chi connectivity index (χ0v) is 13.2. The van der Waals surface area contributed by atoms with Crippen molar-refractivity contribution < 1.29 is 18.0 Å². The molecule has 0 aliphatic heterocycles. The fourth-order valence-corrected chi connectivity index (χ4v) is 2.38. The molecule has 0 aliphatic rings. The van der Waals surface area contributed by atoms with Gasteiger partial charge in [0.2, 0.25) is 0 Å². The average molecular weight is 343 g/mol. The predicted octanol–water partition coefficient (Wildman–Crippen LogP) is 3.38. The Kier molecular flexibility index (Phi) is 5.13. The average Bonchev–Trinajstić information content (AvgIpc) is 3.09. The van der Waals surface area contributed by atoms with Crippen LogP contribution in [0.5, 0.6) is 0 Å². The largest absolute Gasteiger partial charge is 0.443 e. The highest BCUT2D eigenvalue weighted by Crippen LogP contribution is 2.23. The Labute approximate surface area is 142 Å². The lowest BCUT2D eigenvalue weighted by Crippen LogP contribution is -2.25. The van der Waals surface area contributed by atoms with E-state index in [4.69, 9.17) is 4.42 Å². The monoisotopic (exact) mass is 343 g/mol. The third-order valence-corrected chi connectivity index (χ3v) is 3.58. The molecule has 25 heavy (non-hydrogen) atoms. The minimum Gasteiger partial charge on any atom is -0.443 e. The SMILES string of the molecule is O=C(NCCCc1cncc(F)c1)c1ncoc1-c1ccc(F)cc1. The molecule has 0 aliphatic carbocycles. The number of halogens is 2. The van der Waals surface area contributed by atoms with E-state index in [0.29, 0.717) is 24.9 Å². The number of pyridine rings is 1. The van der Waals surface area contributed by atoms with E-state index in [2.05, 4.69) is 15.3 Å². The maximum absolute atomic E-state index is 13.0. The minimum absolute atomic E-state index is 0.138. The molecule has 0 fully saturated rings. The number of nitrogens with zero attached hydrogens (tertiary/aromatic N) is 2. The summed E-state index contributed by atoms with van der Waals surface area (Å²) < 4.78 is 31.3. The molecule has 3 aromatic rings. The molecule has 0 atom stereocenters. The number of aromatic nitrogens is 2. The van der Waals surface area contributed by atoms with Gasteiger partial charge in [0, 0.05) is 18.3 Å². The Morgan fingerprint density at radius 3 is 2.68 bits per heavy atom. The second-order valence-corrected chi connectivity index (χ2v) is 5.41. The number of nitrogens with one attached hydrogen (secondary N) is 1. The van der Waals surface area contributed by atoms with Crippen molar-refractivity contribution in [3.8, 4) is 11.3 Å². The molecule has 1 aromatic carbocycles. The van der Waals surface area contributed by atoms with Crippen LogP contribution in [0.3, 0.4) is 0 Å². The fourth-order valence-electron chi connectivity index (χ4n) is 2.38. The van der Waals surface area contributed by atoms with E-state index in [0.717, 1.165) is 11.8 Å². The van der Waals surface area contributed by atoms with Gasteiger partial charge in [0.25, 0.3) is 5.91 Å². The first kappa shape index (κ1) is 16.8. The summed E-state index contributed by atoms with van der Waals surface area (Å²) >= 11 is 0. The van der Waals surface area contributed by atoms with Crippen LogP contribution in [-0.4, -0.2) is 22.4 Å². The molecule has 0 saturated heterocycles. The number of aryl methyl sites for hydroxylation is 1. The highest BCUT2D eigenvalue weighted by Gasteiger charge is 2.17. The summed E-state index contributed by atoms with van der Waals surface area (Å²) in [6.45, 7) is 0.394. The first-order valence-corrected chi connectivity index (χ1v) is 7.70. The molecule has 1 N–H and O–H groups in total. The highest BCUT2D eigenvalue weighted by molar-refractivity contribution is 5.97. The minimum atomic E-state index is -0.384. The first-order chi connectivity index (χ1) is 12.1. The van der Waals surface area contributed by atoms with Crippen LogP contribution >= 0.6 is 0 Å². The summed E-state index contributed by atoms with van der Waals surface area (Å²) in [5.74, 6) is -0.855.